The van der Waals surface area contributed by atoms with E-state index in [1.807, 2.05) is 13.8 Å². The van der Waals surface area contributed by atoms with Crippen LogP contribution in [0, 0.1) is 16.2 Å². The molecule has 0 heterocycles. The first-order chi connectivity index (χ1) is 7.90. The highest BCUT2D eigenvalue weighted by atomic mass is 16.5. The van der Waals surface area contributed by atoms with E-state index in [1.165, 1.54) is 0 Å². The predicted molar refractivity (Wildman–Crippen MR) is 74.4 cm³/mol. The molecular formula is C15H30O3. The highest BCUT2D eigenvalue weighted by Crippen LogP contribution is 2.52. The molecular weight excluding hydrogens is 228 g/mol. The SMILES string of the molecule is COCC(C(=O)OC(C)C)(C(C)(C)C)C(C)(C)C. The molecule has 0 amide bonds. The summed E-state index contributed by atoms with van der Waals surface area (Å²) in [5, 5.41) is 0. The van der Waals surface area contributed by atoms with Gasteiger partial charge in [0, 0.05) is 7.11 Å². The van der Waals surface area contributed by atoms with Gasteiger partial charge in [-0.05, 0) is 24.7 Å². The van der Waals surface area contributed by atoms with E-state index in [4.69, 9.17) is 9.47 Å². The second-order valence-electron chi connectivity index (χ2n) is 7.29. The first-order valence-electron chi connectivity index (χ1n) is 6.60. The van der Waals surface area contributed by atoms with Crippen molar-refractivity contribution in [1.29, 1.82) is 0 Å². The molecule has 18 heavy (non-hydrogen) atoms. The zero-order valence-electron chi connectivity index (χ0n) is 13.5. The normalized spacial score (nSPS) is 13.9. The van der Waals surface area contributed by atoms with Gasteiger partial charge in [-0.1, -0.05) is 41.5 Å². The zero-order chi connectivity index (χ0) is 14.8. The first kappa shape index (κ1) is 17.4. The number of rotatable bonds is 4. The molecule has 0 saturated heterocycles. The number of hydrogen-bond acceptors (Lipinski definition) is 3. The quantitative estimate of drug-likeness (QED) is 0.722. The molecule has 0 aliphatic carbocycles. The number of esters is 1. The van der Waals surface area contributed by atoms with Crippen LogP contribution in [0.5, 0.6) is 0 Å². The summed E-state index contributed by atoms with van der Waals surface area (Å²) >= 11 is 0. The molecule has 0 fully saturated rings. The third kappa shape index (κ3) is 3.25. The Hall–Kier alpha value is -0.570. The standard InChI is InChI=1S/C15H30O3/c1-11(2)18-12(16)15(10-17-9,13(3,4)5)14(6,7)8/h11H,10H2,1-9H3. The summed E-state index contributed by atoms with van der Waals surface area (Å²) in [6.07, 6.45) is -0.113. The van der Waals surface area contributed by atoms with Crippen LogP contribution in [-0.2, 0) is 14.3 Å². The van der Waals surface area contributed by atoms with Crippen LogP contribution < -0.4 is 0 Å². The molecule has 0 aromatic heterocycles. The van der Waals surface area contributed by atoms with Gasteiger partial charge in [-0.2, -0.15) is 0 Å². The molecule has 108 valence electrons. The Kier molecular flexibility index (Phi) is 5.42. The van der Waals surface area contributed by atoms with Gasteiger partial charge < -0.3 is 9.47 Å². The summed E-state index contributed by atoms with van der Waals surface area (Å²) in [6, 6.07) is 0. The third-order valence-electron chi connectivity index (χ3n) is 3.61. The second kappa shape index (κ2) is 5.60. The van der Waals surface area contributed by atoms with Gasteiger partial charge in [0.2, 0.25) is 0 Å². The molecule has 0 unspecified atom stereocenters. The lowest BCUT2D eigenvalue weighted by Gasteiger charge is -2.50. The third-order valence-corrected chi connectivity index (χ3v) is 3.61. The molecule has 0 aromatic rings. The fourth-order valence-electron chi connectivity index (χ4n) is 2.76. The Morgan fingerprint density at radius 1 is 1.00 bits per heavy atom. The maximum absolute atomic E-state index is 12.7. The maximum Gasteiger partial charge on any atom is 0.315 e. The highest BCUT2D eigenvalue weighted by Gasteiger charge is 2.57. The number of methoxy groups -OCH3 is 1. The van der Waals surface area contributed by atoms with Crippen molar-refractivity contribution in [2.75, 3.05) is 13.7 Å². The van der Waals surface area contributed by atoms with Gasteiger partial charge in [0.1, 0.15) is 5.41 Å². The summed E-state index contributed by atoms with van der Waals surface area (Å²) in [4.78, 5) is 12.7. The van der Waals surface area contributed by atoms with Crippen LogP contribution in [0.3, 0.4) is 0 Å². The van der Waals surface area contributed by atoms with E-state index in [1.54, 1.807) is 7.11 Å². The van der Waals surface area contributed by atoms with Gasteiger partial charge in [0.25, 0.3) is 0 Å². The Labute approximate surface area is 112 Å². The molecule has 3 nitrogen and oxygen atoms in total. The molecule has 0 radical (unpaired) electrons. The van der Waals surface area contributed by atoms with E-state index in [0.29, 0.717) is 6.61 Å². The maximum atomic E-state index is 12.7. The van der Waals surface area contributed by atoms with Crippen LogP contribution in [0.15, 0.2) is 0 Å². The molecule has 0 rings (SSSR count). The van der Waals surface area contributed by atoms with Crippen molar-refractivity contribution in [2.45, 2.75) is 61.5 Å². The zero-order valence-corrected chi connectivity index (χ0v) is 13.5. The van der Waals surface area contributed by atoms with Crippen molar-refractivity contribution >= 4 is 5.97 Å². The van der Waals surface area contributed by atoms with E-state index in [-0.39, 0.29) is 22.9 Å². The Bertz CT molecular complexity index is 265. The largest absolute Gasteiger partial charge is 0.462 e. The number of carbonyl (C=O) groups is 1. The van der Waals surface area contributed by atoms with Crippen molar-refractivity contribution < 1.29 is 14.3 Å². The lowest BCUT2D eigenvalue weighted by molar-refractivity contribution is -0.187. The molecule has 0 aliphatic heterocycles. The fraction of sp³-hybridized carbons (Fsp3) is 0.933. The van der Waals surface area contributed by atoms with E-state index in [0.717, 1.165) is 0 Å². The minimum atomic E-state index is -0.668. The number of carbonyl (C=O) groups excluding carboxylic acids is 1. The van der Waals surface area contributed by atoms with E-state index in [9.17, 15) is 4.79 Å². The lowest BCUT2D eigenvalue weighted by atomic mass is 9.54. The van der Waals surface area contributed by atoms with Crippen molar-refractivity contribution in [3.63, 3.8) is 0 Å². The van der Waals surface area contributed by atoms with Crippen LogP contribution in [-0.4, -0.2) is 25.8 Å². The van der Waals surface area contributed by atoms with Crippen LogP contribution in [0.1, 0.15) is 55.4 Å². The highest BCUT2D eigenvalue weighted by molar-refractivity contribution is 5.79. The van der Waals surface area contributed by atoms with Crippen LogP contribution in [0.2, 0.25) is 0 Å². The van der Waals surface area contributed by atoms with Crippen molar-refractivity contribution in [3.8, 4) is 0 Å². The first-order valence-corrected chi connectivity index (χ1v) is 6.60. The number of hydrogen-bond donors (Lipinski definition) is 0. The van der Waals surface area contributed by atoms with Gasteiger partial charge in [0.05, 0.1) is 12.7 Å². The molecule has 0 spiro atoms. The summed E-state index contributed by atoms with van der Waals surface area (Å²) in [5.41, 5.74) is -1.15. The minimum absolute atomic E-state index is 0.113. The topological polar surface area (TPSA) is 35.5 Å². The van der Waals surface area contributed by atoms with Gasteiger partial charge in [0.15, 0.2) is 0 Å². The molecule has 3 heteroatoms. The predicted octanol–water partition coefficient (Wildman–Crippen LogP) is 3.66. The lowest BCUT2D eigenvalue weighted by Crippen LogP contribution is -2.56. The smallest absolute Gasteiger partial charge is 0.315 e. The molecule has 0 aliphatic rings. The molecule has 0 N–H and O–H groups in total. The fourth-order valence-corrected chi connectivity index (χ4v) is 2.76. The molecule has 0 atom stereocenters. The number of ether oxygens (including phenoxy) is 2. The van der Waals surface area contributed by atoms with E-state index >= 15 is 0 Å². The van der Waals surface area contributed by atoms with Gasteiger partial charge in [-0.3, -0.25) is 4.79 Å². The Morgan fingerprint density at radius 3 is 1.61 bits per heavy atom. The monoisotopic (exact) mass is 258 g/mol. The van der Waals surface area contributed by atoms with Crippen LogP contribution >= 0.6 is 0 Å². The Morgan fingerprint density at radius 2 is 1.39 bits per heavy atom. The summed E-state index contributed by atoms with van der Waals surface area (Å²) < 4.78 is 10.9. The van der Waals surface area contributed by atoms with Crippen LogP contribution in [0.4, 0.5) is 0 Å². The molecule has 0 bridgehead atoms. The van der Waals surface area contributed by atoms with E-state index < -0.39 is 5.41 Å². The second-order valence-corrected chi connectivity index (χ2v) is 7.29. The average molecular weight is 258 g/mol. The minimum Gasteiger partial charge on any atom is -0.462 e. The average Bonchev–Trinajstić information content (AvgIpc) is 2.07. The van der Waals surface area contributed by atoms with Gasteiger partial charge >= 0.3 is 5.97 Å². The molecule has 0 aromatic carbocycles. The Balaban J connectivity index is 5.71. The van der Waals surface area contributed by atoms with Gasteiger partial charge in [-0.15, -0.1) is 0 Å². The van der Waals surface area contributed by atoms with Gasteiger partial charge in [-0.25, -0.2) is 0 Å². The van der Waals surface area contributed by atoms with Crippen molar-refractivity contribution in [2.24, 2.45) is 16.2 Å². The summed E-state index contributed by atoms with van der Waals surface area (Å²) in [6.45, 7) is 16.5. The summed E-state index contributed by atoms with van der Waals surface area (Å²) in [7, 11) is 1.63. The van der Waals surface area contributed by atoms with Crippen LogP contribution in [0.25, 0.3) is 0 Å². The van der Waals surface area contributed by atoms with E-state index in [2.05, 4.69) is 41.5 Å². The van der Waals surface area contributed by atoms with Crippen molar-refractivity contribution in [3.05, 3.63) is 0 Å². The molecule has 0 saturated carbocycles. The van der Waals surface area contributed by atoms with Crippen molar-refractivity contribution in [1.82, 2.24) is 0 Å². The summed E-state index contributed by atoms with van der Waals surface area (Å²) in [5.74, 6) is -0.167.